The highest BCUT2D eigenvalue weighted by Crippen LogP contribution is 2.39. The quantitative estimate of drug-likeness (QED) is 0.818. The van der Waals surface area contributed by atoms with Crippen molar-refractivity contribution < 1.29 is 9.47 Å². The second kappa shape index (κ2) is 5.26. The van der Waals surface area contributed by atoms with Crippen LogP contribution in [0.4, 0.5) is 0 Å². The van der Waals surface area contributed by atoms with E-state index in [9.17, 15) is 0 Å². The van der Waals surface area contributed by atoms with E-state index >= 15 is 0 Å². The van der Waals surface area contributed by atoms with Gasteiger partial charge < -0.3 is 9.47 Å². The van der Waals surface area contributed by atoms with Gasteiger partial charge in [0.25, 0.3) is 0 Å². The molecule has 1 saturated heterocycles. The van der Waals surface area contributed by atoms with Gasteiger partial charge in [0.1, 0.15) is 0 Å². The molecule has 0 bridgehead atoms. The fourth-order valence-electron chi connectivity index (χ4n) is 2.98. The summed E-state index contributed by atoms with van der Waals surface area (Å²) in [5.74, 6) is -0.0137. The molecule has 2 rings (SSSR count). The fourth-order valence-corrected chi connectivity index (χ4v) is 2.98. The van der Waals surface area contributed by atoms with Crippen molar-refractivity contribution in [2.24, 2.45) is 11.3 Å². The highest BCUT2D eigenvalue weighted by atomic mass is 16.7. The maximum absolute atomic E-state index is 6.33. The Morgan fingerprint density at radius 1 is 1.16 bits per heavy atom. The zero-order chi connectivity index (χ0) is 14.1. The van der Waals surface area contributed by atoms with Crippen LogP contribution < -0.4 is 0 Å². The molecule has 19 heavy (non-hydrogen) atoms. The van der Waals surface area contributed by atoms with E-state index < -0.39 is 5.79 Å². The van der Waals surface area contributed by atoms with Gasteiger partial charge in [-0.25, -0.2) is 0 Å². The molecule has 2 atom stereocenters. The van der Waals surface area contributed by atoms with Crippen molar-refractivity contribution in [3.8, 4) is 0 Å². The summed E-state index contributed by atoms with van der Waals surface area (Å²) in [6.45, 7) is 11.7. The van der Waals surface area contributed by atoms with Crippen molar-refractivity contribution in [3.05, 3.63) is 35.9 Å². The molecule has 1 aromatic carbocycles. The Hall–Kier alpha value is -0.860. The third-order valence-corrected chi connectivity index (χ3v) is 3.87. The van der Waals surface area contributed by atoms with Crippen LogP contribution in [0.2, 0.25) is 0 Å². The topological polar surface area (TPSA) is 18.5 Å². The lowest BCUT2D eigenvalue weighted by molar-refractivity contribution is -0.327. The Morgan fingerprint density at radius 2 is 1.79 bits per heavy atom. The van der Waals surface area contributed by atoms with Crippen molar-refractivity contribution in [2.45, 2.75) is 52.9 Å². The summed E-state index contributed by atoms with van der Waals surface area (Å²) in [4.78, 5) is 0. The number of rotatable bonds is 3. The second-order valence-electron chi connectivity index (χ2n) is 6.86. The smallest absolute Gasteiger partial charge is 0.169 e. The monoisotopic (exact) mass is 262 g/mol. The normalized spacial score (nSPS) is 30.5. The van der Waals surface area contributed by atoms with E-state index in [2.05, 4.69) is 58.9 Å². The molecule has 2 heteroatoms. The number of benzene rings is 1. The lowest BCUT2D eigenvalue weighted by Gasteiger charge is -2.49. The molecule has 0 unspecified atom stereocenters. The van der Waals surface area contributed by atoms with Crippen molar-refractivity contribution in [1.29, 1.82) is 0 Å². The minimum Gasteiger partial charge on any atom is -0.349 e. The van der Waals surface area contributed by atoms with Gasteiger partial charge in [0.15, 0.2) is 5.79 Å². The molecule has 1 aliphatic heterocycles. The molecular formula is C17H26O2. The Morgan fingerprint density at radius 3 is 2.37 bits per heavy atom. The van der Waals surface area contributed by atoms with Crippen LogP contribution in [0.1, 0.15) is 40.2 Å². The summed E-state index contributed by atoms with van der Waals surface area (Å²) in [5, 5.41) is 0. The lowest BCUT2D eigenvalue weighted by Crippen LogP contribution is -2.54. The van der Waals surface area contributed by atoms with E-state index in [1.165, 1.54) is 5.56 Å². The summed E-state index contributed by atoms with van der Waals surface area (Å²) in [7, 11) is 0. The van der Waals surface area contributed by atoms with E-state index in [1.807, 2.05) is 6.07 Å². The van der Waals surface area contributed by atoms with Crippen LogP contribution in [0.15, 0.2) is 30.3 Å². The van der Waals surface area contributed by atoms with Crippen molar-refractivity contribution >= 4 is 0 Å². The van der Waals surface area contributed by atoms with Crippen LogP contribution >= 0.6 is 0 Å². The number of hydrogen-bond acceptors (Lipinski definition) is 2. The molecule has 0 N–H and O–H groups in total. The Labute approximate surface area is 117 Å². The molecule has 1 heterocycles. The van der Waals surface area contributed by atoms with Crippen LogP contribution in [-0.2, 0) is 15.9 Å². The van der Waals surface area contributed by atoms with E-state index in [1.54, 1.807) is 0 Å². The summed E-state index contributed by atoms with van der Waals surface area (Å²) in [6.07, 6.45) is 1.03. The van der Waals surface area contributed by atoms with Crippen LogP contribution in [0.3, 0.4) is 0 Å². The molecule has 2 nitrogen and oxygen atoms in total. The third-order valence-electron chi connectivity index (χ3n) is 3.87. The highest BCUT2D eigenvalue weighted by molar-refractivity contribution is 5.16. The first-order chi connectivity index (χ1) is 8.82. The number of hydrogen-bond donors (Lipinski definition) is 0. The number of ether oxygens (including phenoxy) is 2. The predicted octanol–water partition coefficient (Wildman–Crippen LogP) is 4.04. The van der Waals surface area contributed by atoms with Gasteiger partial charge >= 0.3 is 0 Å². The third kappa shape index (κ3) is 3.37. The lowest BCUT2D eigenvalue weighted by atomic mass is 9.80. The van der Waals surface area contributed by atoms with E-state index in [0.717, 1.165) is 13.0 Å². The van der Waals surface area contributed by atoms with Gasteiger partial charge in [-0.3, -0.25) is 0 Å². The molecule has 0 spiro atoms. The summed E-state index contributed by atoms with van der Waals surface area (Å²) < 4.78 is 12.4. The van der Waals surface area contributed by atoms with Gasteiger partial charge in [-0.2, -0.15) is 0 Å². The first kappa shape index (κ1) is 14.5. The summed E-state index contributed by atoms with van der Waals surface area (Å²) in [5.41, 5.74) is 1.33. The molecule has 1 fully saturated rings. The maximum Gasteiger partial charge on any atom is 0.169 e. The second-order valence-corrected chi connectivity index (χ2v) is 6.86. The Kier molecular flexibility index (Phi) is 4.03. The molecule has 0 aromatic heterocycles. The largest absolute Gasteiger partial charge is 0.349 e. The molecule has 1 aliphatic rings. The minimum absolute atomic E-state index is 0.0738. The van der Waals surface area contributed by atoms with E-state index in [4.69, 9.17) is 9.47 Å². The van der Waals surface area contributed by atoms with Gasteiger partial charge in [0.2, 0.25) is 0 Å². The molecule has 106 valence electrons. The average molecular weight is 262 g/mol. The van der Waals surface area contributed by atoms with Gasteiger partial charge in [0.05, 0.1) is 12.7 Å². The van der Waals surface area contributed by atoms with Crippen LogP contribution in [0.5, 0.6) is 0 Å². The molecule has 0 saturated carbocycles. The zero-order valence-electron chi connectivity index (χ0n) is 12.8. The average Bonchev–Trinajstić information content (AvgIpc) is 2.34. The van der Waals surface area contributed by atoms with Crippen LogP contribution in [0.25, 0.3) is 0 Å². The maximum atomic E-state index is 6.33. The molecule has 1 aromatic rings. The van der Waals surface area contributed by atoms with Gasteiger partial charge in [-0.1, -0.05) is 58.0 Å². The molecular weight excluding hydrogens is 236 g/mol. The molecule has 0 amide bonds. The van der Waals surface area contributed by atoms with Crippen LogP contribution in [0, 0.1) is 11.3 Å². The van der Waals surface area contributed by atoms with E-state index in [0.29, 0.717) is 5.92 Å². The molecule has 0 aliphatic carbocycles. The summed E-state index contributed by atoms with van der Waals surface area (Å²) >= 11 is 0. The fraction of sp³-hybridized carbons (Fsp3) is 0.647. The summed E-state index contributed by atoms with van der Waals surface area (Å²) in [6, 6.07) is 10.4. The first-order valence-electron chi connectivity index (χ1n) is 7.18. The molecule has 0 radical (unpaired) electrons. The Bertz CT molecular complexity index is 411. The van der Waals surface area contributed by atoms with E-state index in [-0.39, 0.29) is 11.5 Å². The van der Waals surface area contributed by atoms with Gasteiger partial charge in [0, 0.05) is 11.8 Å². The van der Waals surface area contributed by atoms with Crippen molar-refractivity contribution in [2.75, 3.05) is 6.61 Å². The highest BCUT2D eigenvalue weighted by Gasteiger charge is 2.45. The minimum atomic E-state index is -0.508. The standard InChI is InChI=1S/C17H26O2/c1-13(2)15-16(3,4)12-18-17(5,19-15)11-14-9-7-6-8-10-14/h6-10,13,15H,11-12H2,1-5H3/t15-,17+/m0/s1. The first-order valence-corrected chi connectivity index (χ1v) is 7.18. The van der Waals surface area contributed by atoms with Gasteiger partial charge in [-0.05, 0) is 18.4 Å². The predicted molar refractivity (Wildman–Crippen MR) is 78.0 cm³/mol. The van der Waals surface area contributed by atoms with Gasteiger partial charge in [-0.15, -0.1) is 0 Å². The van der Waals surface area contributed by atoms with Crippen molar-refractivity contribution in [3.63, 3.8) is 0 Å². The SMILES string of the molecule is CC(C)[C@@H]1O[C@](C)(Cc2ccccc2)OCC1(C)C. The zero-order valence-corrected chi connectivity index (χ0v) is 12.8. The van der Waals surface area contributed by atoms with Crippen LogP contribution in [-0.4, -0.2) is 18.5 Å². The Balaban J connectivity index is 2.13. The van der Waals surface area contributed by atoms with Crippen molar-refractivity contribution in [1.82, 2.24) is 0 Å².